The molecule has 5 rings (SSSR count). The van der Waals surface area contributed by atoms with Gasteiger partial charge in [-0.1, -0.05) is 0 Å². The number of carbonyl (C=O) groups is 2. The van der Waals surface area contributed by atoms with Gasteiger partial charge in [-0.25, -0.2) is 14.4 Å². The molecule has 2 aliphatic heterocycles. The third-order valence-corrected chi connectivity index (χ3v) is 7.30. The molecule has 2 aromatic heterocycles. The first-order chi connectivity index (χ1) is 17.8. The molecule has 200 valence electrons. The second-order valence-electron chi connectivity index (χ2n) is 8.61. The van der Waals surface area contributed by atoms with Crippen LogP contribution in [0.25, 0.3) is 10.6 Å². The van der Waals surface area contributed by atoms with Gasteiger partial charge < -0.3 is 15.5 Å². The standard InChI is InChI=1S/C23H16F7N5O2S/c24-14-5-11-9-35(20(37)23(28,29)30)4-2-10(11)6-15(14)33-21-32-8-13(22(25,26)27)18(34-21)17-7-12-16(38-17)1-3-31-19(12)36/h5-8H,1-4,9H2,(H,31,36)(H,32,33,34). The summed E-state index contributed by atoms with van der Waals surface area (Å²) in [7, 11) is 0. The van der Waals surface area contributed by atoms with Crippen LogP contribution in [0.5, 0.6) is 0 Å². The SMILES string of the molecule is O=C1NCCc2sc(-c3nc(Nc4cc5c(cc4F)CN(C(=O)C(F)(F)F)CC5)ncc3C(F)(F)F)cc21. The normalized spacial score (nSPS) is 15.6. The number of hydrogen-bond acceptors (Lipinski definition) is 6. The third-order valence-electron chi connectivity index (χ3n) is 6.10. The van der Waals surface area contributed by atoms with Crippen LogP contribution in [-0.2, 0) is 30.4 Å². The second-order valence-corrected chi connectivity index (χ2v) is 9.74. The number of fused-ring (bicyclic) bond motifs is 2. The van der Waals surface area contributed by atoms with Crippen LogP contribution in [0.4, 0.5) is 42.4 Å². The summed E-state index contributed by atoms with van der Waals surface area (Å²) in [6.07, 6.45) is -8.84. The molecule has 2 N–H and O–H groups in total. The van der Waals surface area contributed by atoms with Crippen LogP contribution in [0.1, 0.15) is 31.9 Å². The number of nitrogens with zero attached hydrogens (tertiary/aromatic N) is 3. The maximum absolute atomic E-state index is 14.8. The van der Waals surface area contributed by atoms with E-state index in [1.54, 1.807) is 0 Å². The monoisotopic (exact) mass is 559 g/mol. The minimum Gasteiger partial charge on any atom is -0.352 e. The van der Waals surface area contributed by atoms with Crippen molar-refractivity contribution in [2.24, 2.45) is 0 Å². The van der Waals surface area contributed by atoms with Gasteiger partial charge >= 0.3 is 18.3 Å². The largest absolute Gasteiger partial charge is 0.471 e. The molecular formula is C23H16F7N5O2S. The Morgan fingerprint density at radius 3 is 2.53 bits per heavy atom. The minimum absolute atomic E-state index is 0.00798. The summed E-state index contributed by atoms with van der Waals surface area (Å²) < 4.78 is 94.3. The van der Waals surface area contributed by atoms with Crippen LogP contribution >= 0.6 is 11.3 Å². The van der Waals surface area contributed by atoms with Gasteiger partial charge in [0.05, 0.1) is 21.8 Å². The molecule has 0 radical (unpaired) electrons. The number of carbonyl (C=O) groups excluding carboxylic acids is 2. The highest BCUT2D eigenvalue weighted by molar-refractivity contribution is 7.15. The average molecular weight is 559 g/mol. The van der Waals surface area contributed by atoms with Crippen LogP contribution in [-0.4, -0.2) is 45.9 Å². The Hall–Kier alpha value is -3.75. The lowest BCUT2D eigenvalue weighted by Crippen LogP contribution is -2.43. The minimum atomic E-state index is -5.05. The van der Waals surface area contributed by atoms with E-state index in [2.05, 4.69) is 20.6 Å². The highest BCUT2D eigenvalue weighted by Gasteiger charge is 2.43. The maximum Gasteiger partial charge on any atom is 0.471 e. The van der Waals surface area contributed by atoms with E-state index in [0.717, 1.165) is 17.4 Å². The molecule has 0 fully saturated rings. The van der Waals surface area contributed by atoms with Crippen molar-refractivity contribution in [3.05, 3.63) is 57.3 Å². The van der Waals surface area contributed by atoms with Gasteiger partial charge in [-0.3, -0.25) is 9.59 Å². The second kappa shape index (κ2) is 9.22. The van der Waals surface area contributed by atoms with E-state index in [0.29, 0.717) is 34.5 Å². The summed E-state index contributed by atoms with van der Waals surface area (Å²) in [4.78, 5) is 32.6. The van der Waals surface area contributed by atoms with Gasteiger partial charge in [-0.05, 0) is 42.2 Å². The van der Waals surface area contributed by atoms with Crippen molar-refractivity contribution in [1.29, 1.82) is 0 Å². The summed E-state index contributed by atoms with van der Waals surface area (Å²) in [5.41, 5.74) is -0.923. The number of rotatable bonds is 3. The van der Waals surface area contributed by atoms with Gasteiger partial charge in [0.1, 0.15) is 11.4 Å². The average Bonchev–Trinajstić information content (AvgIpc) is 3.28. The van der Waals surface area contributed by atoms with Gasteiger partial charge in [-0.2, -0.15) is 26.3 Å². The fraction of sp³-hybridized carbons (Fsp3) is 0.304. The zero-order valence-corrected chi connectivity index (χ0v) is 19.9. The number of nitrogens with one attached hydrogen (secondary N) is 2. The first-order valence-corrected chi connectivity index (χ1v) is 11.9. The quantitative estimate of drug-likeness (QED) is 0.449. The smallest absolute Gasteiger partial charge is 0.352 e. The topological polar surface area (TPSA) is 87.2 Å². The molecular weight excluding hydrogens is 543 g/mol. The first kappa shape index (κ1) is 25.9. The predicted octanol–water partition coefficient (Wildman–Crippen LogP) is 4.84. The molecule has 1 aromatic carbocycles. The molecule has 0 unspecified atom stereocenters. The molecule has 38 heavy (non-hydrogen) atoms. The van der Waals surface area contributed by atoms with Crippen LogP contribution in [0.3, 0.4) is 0 Å². The van der Waals surface area contributed by atoms with E-state index in [-0.39, 0.29) is 40.6 Å². The Bertz CT molecular complexity index is 1450. The number of benzene rings is 1. The lowest BCUT2D eigenvalue weighted by molar-refractivity contribution is -0.186. The Balaban J connectivity index is 1.46. The molecule has 7 nitrogen and oxygen atoms in total. The summed E-state index contributed by atoms with van der Waals surface area (Å²) in [6.45, 7) is -0.329. The summed E-state index contributed by atoms with van der Waals surface area (Å²) in [5.74, 6) is -3.70. The van der Waals surface area contributed by atoms with Crippen molar-refractivity contribution in [3.63, 3.8) is 0 Å². The molecule has 0 atom stereocenters. The zero-order chi connectivity index (χ0) is 27.4. The highest BCUT2D eigenvalue weighted by atomic mass is 32.1. The highest BCUT2D eigenvalue weighted by Crippen LogP contribution is 2.40. The van der Waals surface area contributed by atoms with E-state index < -0.39 is 47.8 Å². The van der Waals surface area contributed by atoms with Crippen molar-refractivity contribution < 1.29 is 40.3 Å². The number of alkyl halides is 6. The molecule has 0 aliphatic carbocycles. The van der Waals surface area contributed by atoms with Crippen molar-refractivity contribution in [1.82, 2.24) is 20.2 Å². The summed E-state index contributed by atoms with van der Waals surface area (Å²) in [6, 6.07) is 3.59. The maximum atomic E-state index is 14.8. The molecule has 0 bridgehead atoms. The van der Waals surface area contributed by atoms with Gasteiger partial charge in [0.25, 0.3) is 5.91 Å². The summed E-state index contributed by atoms with van der Waals surface area (Å²) >= 11 is 0.998. The number of amides is 2. The molecule has 15 heteroatoms. The molecule has 0 saturated heterocycles. The van der Waals surface area contributed by atoms with Crippen LogP contribution < -0.4 is 10.6 Å². The van der Waals surface area contributed by atoms with Gasteiger partial charge in [0, 0.05) is 30.7 Å². The van der Waals surface area contributed by atoms with E-state index in [9.17, 15) is 40.3 Å². The van der Waals surface area contributed by atoms with Gasteiger partial charge in [0.15, 0.2) is 0 Å². The lowest BCUT2D eigenvalue weighted by Gasteiger charge is -2.29. The van der Waals surface area contributed by atoms with Gasteiger partial charge in [-0.15, -0.1) is 11.3 Å². The van der Waals surface area contributed by atoms with E-state index in [4.69, 9.17) is 0 Å². The number of hydrogen-bond donors (Lipinski definition) is 2. The van der Waals surface area contributed by atoms with Crippen molar-refractivity contribution >= 4 is 34.8 Å². The van der Waals surface area contributed by atoms with Crippen LogP contribution in [0, 0.1) is 5.82 Å². The molecule has 0 saturated carbocycles. The number of anilines is 2. The Morgan fingerprint density at radius 2 is 1.84 bits per heavy atom. The Morgan fingerprint density at radius 1 is 1.08 bits per heavy atom. The van der Waals surface area contributed by atoms with E-state index in [1.165, 1.54) is 12.1 Å². The predicted molar refractivity (Wildman–Crippen MR) is 121 cm³/mol. The molecule has 2 amide bonds. The molecule has 0 spiro atoms. The molecule has 2 aliphatic rings. The Labute approximate surface area is 213 Å². The van der Waals surface area contributed by atoms with E-state index >= 15 is 0 Å². The number of thiophene rings is 1. The Kier molecular flexibility index (Phi) is 6.28. The third kappa shape index (κ3) is 4.89. The zero-order valence-electron chi connectivity index (χ0n) is 19.1. The fourth-order valence-corrected chi connectivity index (χ4v) is 5.45. The first-order valence-electron chi connectivity index (χ1n) is 11.1. The van der Waals surface area contributed by atoms with Crippen LogP contribution in [0.15, 0.2) is 24.4 Å². The number of aromatic nitrogens is 2. The van der Waals surface area contributed by atoms with Crippen molar-refractivity contribution in [2.75, 3.05) is 18.4 Å². The van der Waals surface area contributed by atoms with Crippen molar-refractivity contribution in [2.45, 2.75) is 31.7 Å². The van der Waals surface area contributed by atoms with E-state index in [1.807, 2.05) is 0 Å². The summed E-state index contributed by atoms with van der Waals surface area (Å²) in [5, 5.41) is 5.16. The number of halogens is 7. The molecule has 4 heterocycles. The van der Waals surface area contributed by atoms with Gasteiger partial charge in [0.2, 0.25) is 5.95 Å². The van der Waals surface area contributed by atoms with Crippen LogP contribution in [0.2, 0.25) is 0 Å². The molecule has 3 aromatic rings. The lowest BCUT2D eigenvalue weighted by atomic mass is 9.98. The fourth-order valence-electron chi connectivity index (χ4n) is 4.29. The van der Waals surface area contributed by atoms with Crippen molar-refractivity contribution in [3.8, 4) is 10.6 Å².